The van der Waals surface area contributed by atoms with Gasteiger partial charge in [0.1, 0.15) is 0 Å². The number of terminal acetylenes is 1. The normalized spacial score (nSPS) is 16.7. The van der Waals surface area contributed by atoms with E-state index in [1.807, 2.05) is 5.92 Å². The van der Waals surface area contributed by atoms with E-state index in [-0.39, 0.29) is 12.8 Å². The quantitative estimate of drug-likeness (QED) is 0.0415. The predicted molar refractivity (Wildman–Crippen MR) is 138 cm³/mol. The van der Waals surface area contributed by atoms with Gasteiger partial charge in [0.2, 0.25) is 0 Å². The molecule has 1 atom stereocenters. The number of rotatable bonds is 24. The van der Waals surface area contributed by atoms with Gasteiger partial charge in [-0.2, -0.15) is 149 Å². The molecule has 0 rings (SSSR count). The summed E-state index contributed by atoms with van der Waals surface area (Å²) in [6, 6.07) is 0. The SMILES string of the molecule is C#CCCCOC(C)OC(CCC(F)(F)C(F)(F)C(F)(F)C(F)(F)C(F)(F)C(F)(F)C(F)(F)C(F)(F)F)CCC(F)(F)C(F)(F)C(F)(F)C(F)(F)C(F)(F)C(F)(F)C(F)(F)C(F)(F)F. The highest BCUT2D eigenvalue weighted by atomic mass is 19.4. The van der Waals surface area contributed by atoms with Crippen molar-refractivity contribution in [1.82, 2.24) is 0 Å². The monoisotopic (exact) mass is 1030 g/mol. The van der Waals surface area contributed by atoms with Crippen LogP contribution in [0.25, 0.3) is 0 Å². The molecule has 0 amide bonds. The molecule has 0 bridgehead atoms. The van der Waals surface area contributed by atoms with Crippen molar-refractivity contribution < 1.29 is 159 Å². The van der Waals surface area contributed by atoms with E-state index in [1.54, 1.807) is 0 Å². The Hall–Kier alpha value is -2.90. The van der Waals surface area contributed by atoms with Gasteiger partial charge < -0.3 is 9.47 Å². The molecule has 0 saturated carbocycles. The van der Waals surface area contributed by atoms with E-state index in [0.717, 1.165) is 0 Å². The van der Waals surface area contributed by atoms with Crippen molar-refractivity contribution in [3.63, 3.8) is 0 Å². The second kappa shape index (κ2) is 17.6. The van der Waals surface area contributed by atoms with Crippen LogP contribution in [0.1, 0.15) is 45.4 Å². The van der Waals surface area contributed by atoms with Crippen LogP contribution < -0.4 is 0 Å². The fourth-order valence-electron chi connectivity index (χ4n) is 4.41. The maximum Gasteiger partial charge on any atom is 0.460 e. The van der Waals surface area contributed by atoms with Gasteiger partial charge in [-0.05, 0) is 26.2 Å². The summed E-state index contributed by atoms with van der Waals surface area (Å²) in [6.07, 6.45) is -30.6. The number of ether oxygens (including phenoxy) is 2. The lowest BCUT2D eigenvalue weighted by molar-refractivity contribution is -0.462. The molecule has 64 heavy (non-hydrogen) atoms. The number of unbranched alkanes of at least 4 members (excludes halogenated alkanes) is 1. The van der Waals surface area contributed by atoms with E-state index in [0.29, 0.717) is 6.92 Å². The molecule has 0 N–H and O–H groups in total. The molecule has 0 fully saturated rings. The summed E-state index contributed by atoms with van der Waals surface area (Å²) in [6.45, 7) is -0.397. The molecule has 0 aliphatic carbocycles. The smallest absolute Gasteiger partial charge is 0.353 e. The largest absolute Gasteiger partial charge is 0.460 e. The first-order valence-electron chi connectivity index (χ1n) is 15.7. The van der Waals surface area contributed by atoms with Crippen LogP contribution in [0.15, 0.2) is 0 Å². The third-order valence-electron chi connectivity index (χ3n) is 8.34. The zero-order valence-corrected chi connectivity index (χ0v) is 29.8. The maximum absolute atomic E-state index is 14.5. The Morgan fingerprint density at radius 1 is 0.375 bits per heavy atom. The van der Waals surface area contributed by atoms with Gasteiger partial charge in [0.25, 0.3) is 0 Å². The van der Waals surface area contributed by atoms with E-state index < -0.39 is 140 Å². The number of hydrogen-bond donors (Lipinski definition) is 0. The molecule has 0 aromatic rings. The first kappa shape index (κ1) is 61.1. The van der Waals surface area contributed by atoms with Gasteiger partial charge in [0.05, 0.1) is 12.7 Å². The second-order valence-corrected chi connectivity index (χ2v) is 12.9. The van der Waals surface area contributed by atoms with E-state index in [2.05, 4.69) is 9.47 Å². The van der Waals surface area contributed by atoms with Gasteiger partial charge in [0.15, 0.2) is 6.29 Å². The zero-order valence-electron chi connectivity index (χ0n) is 29.8. The fraction of sp³-hybridized carbons (Fsp3) is 0.929. The molecule has 382 valence electrons. The van der Waals surface area contributed by atoms with Crippen LogP contribution >= 0.6 is 0 Å². The van der Waals surface area contributed by atoms with Crippen molar-refractivity contribution in [2.45, 2.75) is 153 Å². The van der Waals surface area contributed by atoms with Crippen LogP contribution in [-0.4, -0.2) is 114 Å². The first-order chi connectivity index (χ1) is 27.5. The van der Waals surface area contributed by atoms with Gasteiger partial charge in [0, 0.05) is 19.3 Å². The highest BCUT2D eigenvalue weighted by Crippen LogP contribution is 2.66. The molecule has 0 saturated heterocycles. The van der Waals surface area contributed by atoms with Crippen molar-refractivity contribution in [2.75, 3.05) is 6.61 Å². The summed E-state index contributed by atoms with van der Waals surface area (Å²) in [5.41, 5.74) is 0. The minimum Gasteiger partial charge on any atom is -0.353 e. The Kier molecular flexibility index (Phi) is 16.8. The Balaban J connectivity index is 7.15. The Morgan fingerprint density at radius 2 is 0.609 bits per heavy atom. The molecule has 0 spiro atoms. The van der Waals surface area contributed by atoms with Crippen LogP contribution in [0, 0.1) is 12.3 Å². The Morgan fingerprint density at radius 3 is 0.844 bits per heavy atom. The molecule has 1 unspecified atom stereocenters. The van der Waals surface area contributed by atoms with E-state index in [1.165, 1.54) is 0 Å². The van der Waals surface area contributed by atoms with Gasteiger partial charge in [-0.25, -0.2) is 0 Å². The van der Waals surface area contributed by atoms with Gasteiger partial charge in [-0.15, -0.1) is 12.3 Å². The maximum atomic E-state index is 14.5. The minimum atomic E-state index is -9.15. The number of hydrogen-bond acceptors (Lipinski definition) is 2. The van der Waals surface area contributed by atoms with Crippen molar-refractivity contribution in [2.24, 2.45) is 0 Å². The summed E-state index contributed by atoms with van der Waals surface area (Å²) < 4.78 is 471. The molecule has 0 aromatic heterocycles. The first-order valence-corrected chi connectivity index (χ1v) is 15.7. The summed E-state index contributed by atoms with van der Waals surface area (Å²) >= 11 is 0. The third kappa shape index (κ3) is 9.48. The summed E-state index contributed by atoms with van der Waals surface area (Å²) in [4.78, 5) is 0. The van der Waals surface area contributed by atoms with Crippen LogP contribution in [0.3, 0.4) is 0 Å². The lowest BCUT2D eigenvalue weighted by Gasteiger charge is -2.43. The molecule has 0 aliphatic rings. The van der Waals surface area contributed by atoms with Crippen molar-refractivity contribution in [3.05, 3.63) is 0 Å². The third-order valence-corrected chi connectivity index (χ3v) is 8.34. The highest BCUT2D eigenvalue weighted by Gasteiger charge is 2.97. The standard InChI is InChI=1S/C28H20F34O2/c1-3-4-5-10-63-11(2)64-12(6-8-13(29,30)15(33,34)17(37,38)19(41,42)21(45,46)23(49,50)25(53,54)27(57,58)59)7-9-14(31,32)16(35,36)18(39,40)20(43,44)22(47,48)24(51,52)26(55,56)28(60,61)62/h1,11-12H,4-10H2,2H3. The Bertz CT molecular complexity index is 1500. The molecule has 0 radical (unpaired) electrons. The fourth-order valence-corrected chi connectivity index (χ4v) is 4.41. The van der Waals surface area contributed by atoms with Crippen molar-refractivity contribution in [1.29, 1.82) is 0 Å². The lowest BCUT2D eigenvalue weighted by Crippen LogP contribution is -2.74. The van der Waals surface area contributed by atoms with Crippen LogP contribution in [-0.2, 0) is 9.47 Å². The second-order valence-electron chi connectivity index (χ2n) is 12.9. The van der Waals surface area contributed by atoms with E-state index in [9.17, 15) is 149 Å². The van der Waals surface area contributed by atoms with Gasteiger partial charge in [-0.1, -0.05) is 0 Å². The van der Waals surface area contributed by atoms with Gasteiger partial charge in [-0.3, -0.25) is 0 Å². The van der Waals surface area contributed by atoms with E-state index in [4.69, 9.17) is 6.42 Å². The highest BCUT2D eigenvalue weighted by molar-refractivity contribution is 5.16. The van der Waals surface area contributed by atoms with Crippen LogP contribution in [0.5, 0.6) is 0 Å². The average molecular weight is 1030 g/mol. The zero-order chi connectivity index (χ0) is 52.2. The summed E-state index contributed by atoms with van der Waals surface area (Å²) in [5.74, 6) is -119. The van der Waals surface area contributed by atoms with Gasteiger partial charge >= 0.3 is 95.3 Å². The van der Waals surface area contributed by atoms with Crippen LogP contribution in [0.4, 0.5) is 149 Å². The molecule has 2 nitrogen and oxygen atoms in total. The molecular formula is C28H20F34O2. The van der Waals surface area contributed by atoms with E-state index >= 15 is 0 Å². The number of alkyl halides is 34. The molecular weight excluding hydrogens is 1010 g/mol. The van der Waals surface area contributed by atoms with Crippen molar-refractivity contribution >= 4 is 0 Å². The summed E-state index contributed by atoms with van der Waals surface area (Å²) in [7, 11) is 0. The number of halogens is 34. The molecule has 0 aromatic carbocycles. The topological polar surface area (TPSA) is 18.5 Å². The van der Waals surface area contributed by atoms with Crippen molar-refractivity contribution in [3.8, 4) is 12.3 Å². The Labute approximate surface area is 331 Å². The average Bonchev–Trinajstić information content (AvgIpc) is 3.09. The molecule has 36 heteroatoms. The summed E-state index contributed by atoms with van der Waals surface area (Å²) in [5, 5.41) is 0. The lowest BCUT2D eigenvalue weighted by atomic mass is 9.86. The minimum absolute atomic E-state index is 0.298. The molecule has 0 heterocycles. The molecule has 0 aliphatic heterocycles. The van der Waals surface area contributed by atoms with Crippen LogP contribution in [0.2, 0.25) is 0 Å². The predicted octanol–water partition coefficient (Wildman–Crippen LogP) is 13.7.